The number of hydrogen-bond acceptors (Lipinski definition) is 5. The molecule has 2 N–H and O–H groups in total. The molecule has 1 fully saturated rings. The molecule has 1 amide bonds. The van der Waals surface area contributed by atoms with Crippen LogP contribution in [0.25, 0.3) is 0 Å². The van der Waals surface area contributed by atoms with E-state index in [-0.39, 0.29) is 31.0 Å². The summed E-state index contributed by atoms with van der Waals surface area (Å²) in [7, 11) is 0. The highest BCUT2D eigenvalue weighted by molar-refractivity contribution is 5.75. The summed E-state index contributed by atoms with van der Waals surface area (Å²) >= 11 is 0. The number of anilines is 1. The van der Waals surface area contributed by atoms with Crippen LogP contribution in [0.4, 0.5) is 5.69 Å². The van der Waals surface area contributed by atoms with E-state index >= 15 is 0 Å². The molecule has 1 aliphatic carbocycles. The number of carbonyl (C=O) groups excluding carboxylic acids is 1. The molecule has 0 radical (unpaired) electrons. The summed E-state index contributed by atoms with van der Waals surface area (Å²) in [6, 6.07) is 3.81. The van der Waals surface area contributed by atoms with Gasteiger partial charge in [0.15, 0.2) is 0 Å². The lowest BCUT2D eigenvalue weighted by Gasteiger charge is -2.07. The second-order valence-electron chi connectivity index (χ2n) is 4.42. The van der Waals surface area contributed by atoms with E-state index in [9.17, 15) is 9.59 Å². The molecule has 2 rings (SSSR count). The maximum absolute atomic E-state index is 11.7. The van der Waals surface area contributed by atoms with Gasteiger partial charge in [-0.3, -0.25) is 9.59 Å². The van der Waals surface area contributed by atoms with Gasteiger partial charge in [0.05, 0.1) is 24.4 Å². The van der Waals surface area contributed by atoms with Gasteiger partial charge in [0.1, 0.15) is 6.54 Å². The van der Waals surface area contributed by atoms with E-state index in [1.165, 1.54) is 6.07 Å². The van der Waals surface area contributed by atoms with E-state index in [0.717, 1.165) is 17.5 Å². The molecule has 7 nitrogen and oxygen atoms in total. The van der Waals surface area contributed by atoms with Crippen molar-refractivity contribution in [3.05, 3.63) is 22.6 Å². The molecule has 1 aromatic rings. The first-order valence-electron chi connectivity index (χ1n) is 6.16. The van der Waals surface area contributed by atoms with Crippen LogP contribution in [0.1, 0.15) is 19.3 Å². The van der Waals surface area contributed by atoms with E-state index < -0.39 is 0 Å². The Morgan fingerprint density at radius 3 is 3.00 bits per heavy atom. The van der Waals surface area contributed by atoms with Gasteiger partial charge in [-0.15, -0.1) is 0 Å². The van der Waals surface area contributed by atoms with Crippen LogP contribution in [-0.4, -0.2) is 28.3 Å². The Kier molecular flexibility index (Phi) is 4.13. The minimum atomic E-state index is -0.326. The van der Waals surface area contributed by atoms with Gasteiger partial charge < -0.3 is 10.6 Å². The second-order valence-corrected chi connectivity index (χ2v) is 4.42. The van der Waals surface area contributed by atoms with Gasteiger partial charge in [0.25, 0.3) is 5.56 Å². The molecule has 1 aliphatic rings. The number of nitriles is 1. The molecule has 0 unspecified atom stereocenters. The highest BCUT2D eigenvalue weighted by Gasteiger charge is 2.21. The van der Waals surface area contributed by atoms with Crippen molar-refractivity contribution in [2.45, 2.75) is 31.8 Å². The van der Waals surface area contributed by atoms with Gasteiger partial charge in [-0.25, -0.2) is 4.68 Å². The maximum Gasteiger partial charge on any atom is 0.269 e. The van der Waals surface area contributed by atoms with Gasteiger partial charge in [-0.05, 0) is 12.8 Å². The van der Waals surface area contributed by atoms with Crippen molar-refractivity contribution in [2.75, 3.05) is 11.9 Å². The zero-order valence-corrected chi connectivity index (χ0v) is 10.4. The number of hydrogen-bond donors (Lipinski definition) is 2. The molecule has 0 bridgehead atoms. The topological polar surface area (TPSA) is 99.8 Å². The monoisotopic (exact) mass is 261 g/mol. The number of nitrogens with zero attached hydrogens (tertiary/aromatic N) is 3. The average molecular weight is 261 g/mol. The van der Waals surface area contributed by atoms with Crippen LogP contribution < -0.4 is 16.2 Å². The number of aromatic nitrogens is 2. The van der Waals surface area contributed by atoms with Gasteiger partial charge in [0, 0.05) is 18.7 Å². The smallest absolute Gasteiger partial charge is 0.269 e. The highest BCUT2D eigenvalue weighted by Crippen LogP contribution is 2.23. The van der Waals surface area contributed by atoms with Crippen LogP contribution in [0.3, 0.4) is 0 Å². The predicted molar refractivity (Wildman–Crippen MR) is 68.4 cm³/mol. The second kappa shape index (κ2) is 6.00. The summed E-state index contributed by atoms with van der Waals surface area (Å²) in [6.45, 7) is 0.152. The number of amides is 1. The summed E-state index contributed by atoms with van der Waals surface area (Å²) < 4.78 is 1.10. The van der Waals surface area contributed by atoms with Gasteiger partial charge in [0.2, 0.25) is 5.91 Å². The van der Waals surface area contributed by atoms with Crippen LogP contribution in [-0.2, 0) is 11.3 Å². The molecule has 0 aromatic carbocycles. The fraction of sp³-hybridized carbons (Fsp3) is 0.500. The van der Waals surface area contributed by atoms with Crippen molar-refractivity contribution in [1.82, 2.24) is 15.1 Å². The van der Waals surface area contributed by atoms with E-state index in [4.69, 9.17) is 5.26 Å². The van der Waals surface area contributed by atoms with E-state index in [1.807, 2.05) is 6.07 Å². The number of carbonyl (C=O) groups is 1. The minimum Gasteiger partial charge on any atom is -0.381 e. The molecular weight excluding hydrogens is 246 g/mol. The highest BCUT2D eigenvalue weighted by atomic mass is 16.2. The Hall–Kier alpha value is -2.36. The van der Waals surface area contributed by atoms with Gasteiger partial charge in [-0.1, -0.05) is 0 Å². The number of nitrogens with one attached hydrogen (secondary N) is 2. The summed E-state index contributed by atoms with van der Waals surface area (Å²) in [4.78, 5) is 23.2. The van der Waals surface area contributed by atoms with Crippen molar-refractivity contribution >= 4 is 11.6 Å². The Balaban J connectivity index is 1.91. The first-order valence-corrected chi connectivity index (χ1v) is 6.16. The number of rotatable bonds is 6. The largest absolute Gasteiger partial charge is 0.381 e. The molecule has 0 spiro atoms. The van der Waals surface area contributed by atoms with Crippen LogP contribution >= 0.6 is 0 Å². The molecule has 1 aromatic heterocycles. The summed E-state index contributed by atoms with van der Waals surface area (Å²) in [5.74, 6) is -0.326. The van der Waals surface area contributed by atoms with Crippen molar-refractivity contribution in [2.24, 2.45) is 0 Å². The summed E-state index contributed by atoms with van der Waals surface area (Å²) in [6.07, 6.45) is 4.02. The van der Waals surface area contributed by atoms with E-state index in [2.05, 4.69) is 15.7 Å². The Bertz CT molecular complexity index is 556. The van der Waals surface area contributed by atoms with Gasteiger partial charge in [-0.2, -0.15) is 10.4 Å². The molecule has 19 heavy (non-hydrogen) atoms. The summed E-state index contributed by atoms with van der Waals surface area (Å²) in [5, 5.41) is 18.0. The molecule has 0 aliphatic heterocycles. The third kappa shape index (κ3) is 4.10. The first-order chi connectivity index (χ1) is 9.19. The first kappa shape index (κ1) is 13.1. The van der Waals surface area contributed by atoms with Crippen LogP contribution in [0, 0.1) is 11.3 Å². The average Bonchev–Trinajstić information content (AvgIpc) is 3.17. The zero-order chi connectivity index (χ0) is 13.7. The Labute approximate surface area is 110 Å². The van der Waals surface area contributed by atoms with E-state index in [0.29, 0.717) is 11.7 Å². The SMILES string of the molecule is N#CCCNC(=O)Cn1ncc(NC2CC2)cc1=O. The van der Waals surface area contributed by atoms with Crippen LogP contribution in [0.15, 0.2) is 17.1 Å². The third-order valence-corrected chi connectivity index (χ3v) is 2.67. The lowest BCUT2D eigenvalue weighted by atomic mass is 10.4. The van der Waals surface area contributed by atoms with Crippen molar-refractivity contribution < 1.29 is 4.79 Å². The minimum absolute atomic E-state index is 0.131. The maximum atomic E-state index is 11.7. The van der Waals surface area contributed by atoms with Crippen molar-refractivity contribution in [1.29, 1.82) is 5.26 Å². The lowest BCUT2D eigenvalue weighted by molar-refractivity contribution is -0.121. The Morgan fingerprint density at radius 1 is 1.58 bits per heavy atom. The van der Waals surface area contributed by atoms with Crippen molar-refractivity contribution in [3.8, 4) is 6.07 Å². The molecular formula is C12H15N5O2. The Morgan fingerprint density at radius 2 is 2.37 bits per heavy atom. The fourth-order valence-corrected chi connectivity index (χ4v) is 1.54. The quantitative estimate of drug-likeness (QED) is 0.693. The zero-order valence-electron chi connectivity index (χ0n) is 10.4. The normalized spacial score (nSPS) is 13.6. The third-order valence-electron chi connectivity index (χ3n) is 2.67. The molecule has 0 saturated heterocycles. The lowest BCUT2D eigenvalue weighted by Crippen LogP contribution is -2.33. The van der Waals surface area contributed by atoms with Crippen LogP contribution in [0.5, 0.6) is 0 Å². The molecule has 1 saturated carbocycles. The van der Waals surface area contributed by atoms with E-state index in [1.54, 1.807) is 6.20 Å². The molecule has 1 heterocycles. The standard InChI is InChI=1S/C12H15N5O2/c13-4-1-5-14-11(18)8-17-12(19)6-10(7-15-17)16-9-2-3-9/h6-7,9,16H,1-3,5,8H2,(H,14,18). The van der Waals surface area contributed by atoms with Crippen LogP contribution in [0.2, 0.25) is 0 Å². The predicted octanol–water partition coefficient (Wildman–Crippen LogP) is -0.153. The fourth-order valence-electron chi connectivity index (χ4n) is 1.54. The van der Waals surface area contributed by atoms with Crippen molar-refractivity contribution in [3.63, 3.8) is 0 Å². The summed E-state index contributed by atoms with van der Waals surface area (Å²) in [5.41, 5.74) is 0.370. The molecule has 0 atom stereocenters. The van der Waals surface area contributed by atoms with Gasteiger partial charge >= 0.3 is 0 Å². The molecule has 100 valence electrons. The molecule has 7 heteroatoms.